The lowest BCUT2D eigenvalue weighted by atomic mass is 9.94. The second kappa shape index (κ2) is 10.7. The van der Waals surface area contributed by atoms with Gasteiger partial charge in [-0.25, -0.2) is 4.68 Å². The number of benzene rings is 3. The SMILES string of the molecule is COc1cc(C2C(C(=O)Nc3cccc(C)c3)=C(C)Nc3ncnn32)cc(Br)c1OCc1ccccc1C. The van der Waals surface area contributed by atoms with E-state index in [1.807, 2.05) is 68.4 Å². The molecule has 0 saturated carbocycles. The van der Waals surface area contributed by atoms with Gasteiger partial charge in [0.25, 0.3) is 5.91 Å². The van der Waals surface area contributed by atoms with Crippen LogP contribution in [0.4, 0.5) is 11.6 Å². The van der Waals surface area contributed by atoms with Gasteiger partial charge in [-0.2, -0.15) is 10.1 Å². The van der Waals surface area contributed by atoms with Gasteiger partial charge < -0.3 is 20.1 Å². The fourth-order valence-corrected chi connectivity index (χ4v) is 5.15. The number of hydrogen-bond acceptors (Lipinski definition) is 6. The third-order valence-corrected chi connectivity index (χ3v) is 7.10. The molecule has 0 fully saturated rings. The lowest BCUT2D eigenvalue weighted by Gasteiger charge is -2.29. The number of halogens is 1. The van der Waals surface area contributed by atoms with Crippen LogP contribution in [0.5, 0.6) is 11.5 Å². The van der Waals surface area contributed by atoms with E-state index in [4.69, 9.17) is 9.47 Å². The summed E-state index contributed by atoms with van der Waals surface area (Å²) in [5, 5.41) is 10.7. The Labute approximate surface area is 229 Å². The summed E-state index contributed by atoms with van der Waals surface area (Å²) in [7, 11) is 1.60. The van der Waals surface area contributed by atoms with E-state index in [2.05, 4.69) is 49.6 Å². The molecule has 1 atom stereocenters. The first-order valence-corrected chi connectivity index (χ1v) is 12.9. The highest BCUT2D eigenvalue weighted by molar-refractivity contribution is 9.10. The number of aromatic nitrogens is 3. The van der Waals surface area contributed by atoms with Crippen molar-refractivity contribution in [3.05, 3.63) is 105 Å². The van der Waals surface area contributed by atoms with Gasteiger partial charge in [0, 0.05) is 11.4 Å². The van der Waals surface area contributed by atoms with Crippen LogP contribution in [0.15, 0.2) is 82.7 Å². The van der Waals surface area contributed by atoms with Gasteiger partial charge in [-0.05, 0) is 83.2 Å². The van der Waals surface area contributed by atoms with E-state index >= 15 is 0 Å². The Kier molecular flexibility index (Phi) is 7.20. The van der Waals surface area contributed by atoms with E-state index in [0.717, 1.165) is 27.9 Å². The summed E-state index contributed by atoms with van der Waals surface area (Å²) in [5.74, 6) is 1.44. The number of hydrogen-bond donors (Lipinski definition) is 2. The van der Waals surface area contributed by atoms with Gasteiger partial charge in [0.2, 0.25) is 5.95 Å². The van der Waals surface area contributed by atoms with Gasteiger partial charge in [0.1, 0.15) is 19.0 Å². The molecule has 8 nitrogen and oxygen atoms in total. The molecule has 0 radical (unpaired) electrons. The standard InChI is InChI=1S/C29H28BrN5O3/c1-17-8-7-11-22(12-17)34-28(36)25-19(3)33-29-31-16-32-35(29)26(25)21-13-23(30)27(24(14-21)37-4)38-15-20-10-6-5-9-18(20)2/h5-14,16,26H,15H2,1-4H3,(H,34,36)(H,31,32,33). The molecular formula is C29H28BrN5O3. The van der Waals surface area contributed by atoms with E-state index in [1.165, 1.54) is 6.33 Å². The van der Waals surface area contributed by atoms with E-state index in [1.54, 1.807) is 11.8 Å². The average Bonchev–Trinajstić information content (AvgIpc) is 3.35. The predicted octanol–water partition coefficient (Wildman–Crippen LogP) is 6.17. The molecule has 0 aliphatic carbocycles. The van der Waals surface area contributed by atoms with Crippen LogP contribution < -0.4 is 20.1 Å². The molecule has 4 aromatic rings. The molecule has 1 aliphatic heterocycles. The smallest absolute Gasteiger partial charge is 0.255 e. The van der Waals surface area contributed by atoms with Crippen molar-refractivity contribution in [1.29, 1.82) is 0 Å². The largest absolute Gasteiger partial charge is 0.493 e. The monoisotopic (exact) mass is 573 g/mol. The van der Waals surface area contributed by atoms with Crippen LogP contribution in [0.3, 0.4) is 0 Å². The highest BCUT2D eigenvalue weighted by atomic mass is 79.9. The summed E-state index contributed by atoms with van der Waals surface area (Å²) in [6, 6.07) is 19.1. The van der Waals surface area contributed by atoms with Gasteiger partial charge in [0.05, 0.1) is 17.2 Å². The van der Waals surface area contributed by atoms with Gasteiger partial charge in [0.15, 0.2) is 11.5 Å². The summed E-state index contributed by atoms with van der Waals surface area (Å²) in [4.78, 5) is 18.0. The van der Waals surface area contributed by atoms with Crippen molar-refractivity contribution in [2.45, 2.75) is 33.4 Å². The number of fused-ring (bicyclic) bond motifs is 1. The van der Waals surface area contributed by atoms with Crippen molar-refractivity contribution in [3.8, 4) is 11.5 Å². The molecule has 9 heteroatoms. The molecule has 0 bridgehead atoms. The zero-order valence-electron chi connectivity index (χ0n) is 21.6. The Hall–Kier alpha value is -4.11. The minimum absolute atomic E-state index is 0.235. The number of aryl methyl sites for hydroxylation is 2. The Balaban J connectivity index is 1.52. The minimum Gasteiger partial charge on any atom is -0.493 e. The fraction of sp³-hybridized carbons (Fsp3) is 0.207. The molecule has 2 heterocycles. The maximum absolute atomic E-state index is 13.7. The average molecular weight is 574 g/mol. The molecule has 0 saturated heterocycles. The van der Waals surface area contributed by atoms with Gasteiger partial charge in [-0.15, -0.1) is 0 Å². The summed E-state index contributed by atoms with van der Waals surface area (Å²) >= 11 is 3.68. The summed E-state index contributed by atoms with van der Waals surface area (Å²) in [6.45, 7) is 6.30. The molecule has 1 unspecified atom stereocenters. The number of carbonyl (C=O) groups excluding carboxylic acids is 1. The number of rotatable bonds is 7. The number of amides is 1. The maximum atomic E-state index is 13.7. The van der Waals surface area contributed by atoms with Crippen molar-refractivity contribution in [1.82, 2.24) is 14.8 Å². The highest BCUT2D eigenvalue weighted by Gasteiger charge is 2.34. The van der Waals surface area contributed by atoms with Crippen molar-refractivity contribution in [2.75, 3.05) is 17.7 Å². The van der Waals surface area contributed by atoms with Crippen molar-refractivity contribution in [3.63, 3.8) is 0 Å². The van der Waals surface area contributed by atoms with Gasteiger partial charge >= 0.3 is 0 Å². The number of anilines is 2. The van der Waals surface area contributed by atoms with Crippen molar-refractivity contribution in [2.24, 2.45) is 0 Å². The molecule has 0 spiro atoms. The van der Waals surface area contributed by atoms with E-state index in [0.29, 0.717) is 39.8 Å². The molecule has 1 aliphatic rings. The van der Waals surface area contributed by atoms with E-state index in [-0.39, 0.29) is 5.91 Å². The molecule has 5 rings (SSSR count). The number of nitrogens with one attached hydrogen (secondary N) is 2. The first-order valence-electron chi connectivity index (χ1n) is 12.2. The van der Waals surface area contributed by atoms with Crippen LogP contribution in [-0.4, -0.2) is 27.8 Å². The van der Waals surface area contributed by atoms with E-state index < -0.39 is 6.04 Å². The molecule has 194 valence electrons. The van der Waals surface area contributed by atoms with Crippen LogP contribution in [0.2, 0.25) is 0 Å². The topological polar surface area (TPSA) is 90.3 Å². The third kappa shape index (κ3) is 5.02. The molecule has 38 heavy (non-hydrogen) atoms. The fourth-order valence-electron chi connectivity index (χ4n) is 4.57. The van der Waals surface area contributed by atoms with Gasteiger partial charge in [-0.1, -0.05) is 36.4 Å². The second-order valence-electron chi connectivity index (χ2n) is 9.17. The number of ether oxygens (including phenoxy) is 2. The zero-order valence-corrected chi connectivity index (χ0v) is 23.2. The Bertz CT molecular complexity index is 1540. The van der Waals surface area contributed by atoms with Crippen LogP contribution >= 0.6 is 15.9 Å². The first kappa shape index (κ1) is 25.5. The Morgan fingerprint density at radius 1 is 1.11 bits per heavy atom. The van der Waals surface area contributed by atoms with Gasteiger partial charge in [-0.3, -0.25) is 4.79 Å². The number of nitrogens with zero attached hydrogens (tertiary/aromatic N) is 3. The second-order valence-corrected chi connectivity index (χ2v) is 10.0. The summed E-state index contributed by atoms with van der Waals surface area (Å²) in [5.41, 5.74) is 6.02. The first-order chi connectivity index (χ1) is 18.4. The number of carbonyl (C=O) groups is 1. The molecule has 3 aromatic carbocycles. The van der Waals surface area contributed by atoms with Crippen LogP contribution in [0, 0.1) is 13.8 Å². The third-order valence-electron chi connectivity index (χ3n) is 6.52. The van der Waals surface area contributed by atoms with Crippen LogP contribution in [0.1, 0.15) is 35.2 Å². The van der Waals surface area contributed by atoms with Crippen molar-refractivity contribution >= 4 is 33.5 Å². The van der Waals surface area contributed by atoms with Crippen LogP contribution in [0.25, 0.3) is 0 Å². The number of allylic oxidation sites excluding steroid dienone is 1. The normalized spacial score (nSPS) is 14.5. The number of methoxy groups -OCH3 is 1. The predicted molar refractivity (Wildman–Crippen MR) is 150 cm³/mol. The Morgan fingerprint density at radius 2 is 1.92 bits per heavy atom. The minimum atomic E-state index is -0.547. The molecule has 1 amide bonds. The van der Waals surface area contributed by atoms with Crippen LogP contribution in [-0.2, 0) is 11.4 Å². The quantitative estimate of drug-likeness (QED) is 0.274. The Morgan fingerprint density at radius 3 is 2.68 bits per heavy atom. The lowest BCUT2D eigenvalue weighted by Crippen LogP contribution is -2.31. The zero-order chi connectivity index (χ0) is 26.8. The molecule has 1 aromatic heterocycles. The lowest BCUT2D eigenvalue weighted by molar-refractivity contribution is -0.113. The molecular weight excluding hydrogens is 546 g/mol. The summed E-state index contributed by atoms with van der Waals surface area (Å²) < 4.78 is 14.3. The maximum Gasteiger partial charge on any atom is 0.255 e. The summed E-state index contributed by atoms with van der Waals surface area (Å²) in [6.07, 6.45) is 1.47. The molecule has 2 N–H and O–H groups in total. The highest BCUT2D eigenvalue weighted by Crippen LogP contribution is 2.43. The van der Waals surface area contributed by atoms with Crippen molar-refractivity contribution < 1.29 is 14.3 Å². The van der Waals surface area contributed by atoms with E-state index in [9.17, 15) is 4.79 Å².